The number of hydrogen-bond donors (Lipinski definition) is 1. The maximum Gasteiger partial charge on any atom is 0.223 e. The van der Waals surface area contributed by atoms with Gasteiger partial charge in [-0.25, -0.2) is 0 Å². The fourth-order valence-electron chi connectivity index (χ4n) is 5.12. The number of aryl methyl sites for hydroxylation is 1. The van der Waals surface area contributed by atoms with Crippen LogP contribution in [0.5, 0.6) is 0 Å². The molecule has 172 valence electrons. The van der Waals surface area contributed by atoms with Crippen molar-refractivity contribution in [2.24, 2.45) is 11.8 Å². The maximum atomic E-state index is 12.9. The Labute approximate surface area is 194 Å². The first kappa shape index (κ1) is 22.8. The first-order valence-electron chi connectivity index (χ1n) is 12.4. The van der Waals surface area contributed by atoms with Crippen LogP contribution in [0.4, 0.5) is 5.69 Å². The normalized spacial score (nSPS) is 21.3. The van der Waals surface area contributed by atoms with Gasteiger partial charge in [-0.15, -0.1) is 0 Å². The van der Waals surface area contributed by atoms with Crippen LogP contribution in [0.1, 0.15) is 62.3 Å². The van der Waals surface area contributed by atoms with Crippen molar-refractivity contribution < 1.29 is 4.79 Å². The first-order chi connectivity index (χ1) is 15.5. The van der Waals surface area contributed by atoms with E-state index in [1.807, 2.05) is 0 Å². The molecule has 2 heterocycles. The number of amides is 1. The topological polar surface area (TPSA) is 35.6 Å². The van der Waals surface area contributed by atoms with Crippen molar-refractivity contribution in [1.29, 1.82) is 0 Å². The molecule has 0 aromatic heterocycles. The van der Waals surface area contributed by atoms with Crippen LogP contribution < -0.4 is 10.2 Å². The Hall–Kier alpha value is -2.33. The molecule has 4 rings (SSSR count). The standard InChI is InChI=1S/C28H39N3O/c1-21-6-8-24(9-7-21)20-30-17-14-26(15-18-30)28(32)29-23(3)25-10-12-27(13-11-25)31-16-4-5-22(2)19-31/h6-13,22-23,26H,4-5,14-20H2,1-3H3,(H,29,32)/t22-,23-/m0/s1. The molecule has 1 N–H and O–H groups in total. The lowest BCUT2D eigenvalue weighted by molar-refractivity contribution is -0.127. The van der Waals surface area contributed by atoms with Gasteiger partial charge >= 0.3 is 0 Å². The Morgan fingerprint density at radius 3 is 2.34 bits per heavy atom. The molecule has 2 saturated heterocycles. The van der Waals surface area contributed by atoms with E-state index in [0.717, 1.165) is 51.5 Å². The lowest BCUT2D eigenvalue weighted by Crippen LogP contribution is -2.40. The summed E-state index contributed by atoms with van der Waals surface area (Å²) in [4.78, 5) is 17.9. The molecule has 1 amide bonds. The summed E-state index contributed by atoms with van der Waals surface area (Å²) >= 11 is 0. The smallest absolute Gasteiger partial charge is 0.223 e. The van der Waals surface area contributed by atoms with Crippen LogP contribution in [0.3, 0.4) is 0 Å². The van der Waals surface area contributed by atoms with Gasteiger partial charge in [-0.05, 0) is 81.8 Å². The number of nitrogens with one attached hydrogen (secondary N) is 1. The average molecular weight is 434 g/mol. The molecule has 0 spiro atoms. The van der Waals surface area contributed by atoms with Gasteiger partial charge in [-0.2, -0.15) is 0 Å². The number of nitrogens with zero attached hydrogens (tertiary/aromatic N) is 2. The van der Waals surface area contributed by atoms with Crippen molar-refractivity contribution in [3.8, 4) is 0 Å². The molecule has 4 heteroatoms. The minimum absolute atomic E-state index is 0.0439. The highest BCUT2D eigenvalue weighted by atomic mass is 16.1. The summed E-state index contributed by atoms with van der Waals surface area (Å²) in [5, 5.41) is 3.27. The van der Waals surface area contributed by atoms with E-state index in [2.05, 4.69) is 84.4 Å². The van der Waals surface area contributed by atoms with E-state index in [9.17, 15) is 4.79 Å². The molecule has 4 nitrogen and oxygen atoms in total. The van der Waals surface area contributed by atoms with Crippen molar-refractivity contribution >= 4 is 11.6 Å². The molecule has 2 aromatic rings. The van der Waals surface area contributed by atoms with Gasteiger partial charge in [-0.3, -0.25) is 9.69 Å². The molecular formula is C28H39N3O. The fraction of sp³-hybridized carbons (Fsp3) is 0.536. The average Bonchev–Trinajstić information content (AvgIpc) is 2.81. The van der Waals surface area contributed by atoms with Crippen molar-refractivity contribution in [1.82, 2.24) is 10.2 Å². The number of hydrogen-bond acceptors (Lipinski definition) is 3. The summed E-state index contributed by atoms with van der Waals surface area (Å²) in [6, 6.07) is 17.6. The van der Waals surface area contributed by atoms with Crippen LogP contribution >= 0.6 is 0 Å². The van der Waals surface area contributed by atoms with Gasteiger partial charge in [0.25, 0.3) is 0 Å². The van der Waals surface area contributed by atoms with Gasteiger partial charge < -0.3 is 10.2 Å². The zero-order chi connectivity index (χ0) is 22.5. The number of likely N-dealkylation sites (tertiary alicyclic amines) is 1. The summed E-state index contributed by atoms with van der Waals surface area (Å²) in [6.45, 7) is 11.8. The summed E-state index contributed by atoms with van der Waals surface area (Å²) in [6.07, 6.45) is 4.49. The summed E-state index contributed by atoms with van der Waals surface area (Å²) in [5.74, 6) is 1.10. The van der Waals surface area contributed by atoms with Crippen LogP contribution in [-0.4, -0.2) is 37.0 Å². The second kappa shape index (κ2) is 10.5. The second-order valence-corrected chi connectivity index (χ2v) is 10.1. The van der Waals surface area contributed by atoms with Gasteiger partial charge in [0, 0.05) is 31.2 Å². The van der Waals surface area contributed by atoms with E-state index in [4.69, 9.17) is 0 Å². The second-order valence-electron chi connectivity index (χ2n) is 10.1. The quantitative estimate of drug-likeness (QED) is 0.670. The van der Waals surface area contributed by atoms with E-state index in [-0.39, 0.29) is 17.9 Å². The van der Waals surface area contributed by atoms with E-state index in [0.29, 0.717) is 0 Å². The molecule has 2 aliphatic rings. The van der Waals surface area contributed by atoms with Crippen molar-refractivity contribution in [3.63, 3.8) is 0 Å². The number of anilines is 1. The lowest BCUT2D eigenvalue weighted by Gasteiger charge is -2.33. The SMILES string of the molecule is Cc1ccc(CN2CCC(C(=O)N[C@@H](C)c3ccc(N4CCC[C@H](C)C4)cc3)CC2)cc1. The Balaban J connectivity index is 1.24. The molecule has 2 fully saturated rings. The van der Waals surface area contributed by atoms with E-state index >= 15 is 0 Å². The number of rotatable bonds is 6. The third-order valence-corrected chi connectivity index (χ3v) is 7.26. The van der Waals surface area contributed by atoms with Gasteiger partial charge in [0.1, 0.15) is 0 Å². The molecule has 2 aromatic carbocycles. The van der Waals surface area contributed by atoms with Gasteiger partial charge in [0.15, 0.2) is 0 Å². The Morgan fingerprint density at radius 1 is 1.00 bits per heavy atom. The Bertz CT molecular complexity index is 869. The first-order valence-corrected chi connectivity index (χ1v) is 12.4. The number of piperidine rings is 2. The predicted molar refractivity (Wildman–Crippen MR) is 133 cm³/mol. The minimum atomic E-state index is 0.0439. The van der Waals surface area contributed by atoms with Gasteiger partial charge in [0.05, 0.1) is 6.04 Å². The molecular weight excluding hydrogens is 394 g/mol. The minimum Gasteiger partial charge on any atom is -0.371 e. The molecule has 2 atom stereocenters. The summed E-state index contributed by atoms with van der Waals surface area (Å²) in [5.41, 5.74) is 5.15. The van der Waals surface area contributed by atoms with Crippen molar-refractivity contribution in [3.05, 3.63) is 65.2 Å². The maximum absolute atomic E-state index is 12.9. The monoisotopic (exact) mass is 433 g/mol. The van der Waals surface area contributed by atoms with Crippen LogP contribution in [0.15, 0.2) is 48.5 Å². The highest BCUT2D eigenvalue weighted by Gasteiger charge is 2.26. The van der Waals surface area contributed by atoms with E-state index < -0.39 is 0 Å². The highest BCUT2D eigenvalue weighted by Crippen LogP contribution is 2.25. The van der Waals surface area contributed by atoms with Crippen LogP contribution in [-0.2, 0) is 11.3 Å². The van der Waals surface area contributed by atoms with Crippen LogP contribution in [0.2, 0.25) is 0 Å². The molecule has 0 unspecified atom stereocenters. The van der Waals surface area contributed by atoms with Crippen molar-refractivity contribution in [2.45, 2.75) is 59.0 Å². The molecule has 0 radical (unpaired) electrons. The van der Waals surface area contributed by atoms with Crippen LogP contribution in [0.25, 0.3) is 0 Å². The summed E-state index contributed by atoms with van der Waals surface area (Å²) in [7, 11) is 0. The Kier molecular flexibility index (Phi) is 7.51. The van der Waals surface area contributed by atoms with Gasteiger partial charge in [-0.1, -0.05) is 48.9 Å². The van der Waals surface area contributed by atoms with E-state index in [1.165, 1.54) is 35.2 Å². The predicted octanol–water partition coefficient (Wildman–Crippen LogP) is 5.32. The van der Waals surface area contributed by atoms with Crippen LogP contribution in [0, 0.1) is 18.8 Å². The van der Waals surface area contributed by atoms with Crippen molar-refractivity contribution in [2.75, 3.05) is 31.1 Å². The zero-order valence-corrected chi connectivity index (χ0v) is 20.0. The number of carbonyl (C=O) groups excluding carboxylic acids is 1. The lowest BCUT2D eigenvalue weighted by atomic mass is 9.94. The molecule has 2 aliphatic heterocycles. The van der Waals surface area contributed by atoms with E-state index in [1.54, 1.807) is 0 Å². The largest absolute Gasteiger partial charge is 0.371 e. The highest BCUT2D eigenvalue weighted by molar-refractivity contribution is 5.79. The molecule has 0 bridgehead atoms. The summed E-state index contributed by atoms with van der Waals surface area (Å²) < 4.78 is 0. The molecule has 0 saturated carbocycles. The molecule has 32 heavy (non-hydrogen) atoms. The number of carbonyl (C=O) groups is 1. The third kappa shape index (κ3) is 5.92. The molecule has 0 aliphatic carbocycles. The third-order valence-electron chi connectivity index (χ3n) is 7.26. The fourth-order valence-corrected chi connectivity index (χ4v) is 5.12. The number of benzene rings is 2. The zero-order valence-electron chi connectivity index (χ0n) is 20.0. The Morgan fingerprint density at radius 2 is 1.69 bits per heavy atom. The van der Waals surface area contributed by atoms with Gasteiger partial charge in [0.2, 0.25) is 5.91 Å².